The number of anilines is 1. The number of pyridine rings is 1. The van der Waals surface area contributed by atoms with Gasteiger partial charge in [0, 0.05) is 19.2 Å². The summed E-state index contributed by atoms with van der Waals surface area (Å²) < 4.78 is 45.0. The van der Waals surface area contributed by atoms with E-state index in [1.54, 1.807) is 13.8 Å². The van der Waals surface area contributed by atoms with E-state index in [1.165, 1.54) is 17.0 Å². The van der Waals surface area contributed by atoms with Crippen LogP contribution in [0.4, 0.5) is 19.0 Å². The highest BCUT2D eigenvalue weighted by atomic mass is 19.4. The molecule has 0 aromatic carbocycles. The Balaban J connectivity index is 2.23. The van der Waals surface area contributed by atoms with Crippen molar-refractivity contribution in [3.63, 3.8) is 0 Å². The van der Waals surface area contributed by atoms with Gasteiger partial charge in [0.2, 0.25) is 0 Å². The van der Waals surface area contributed by atoms with Crippen molar-refractivity contribution in [2.24, 2.45) is 7.05 Å². The first kappa shape index (κ1) is 18.7. The number of hydrogen-bond acceptors (Lipinski definition) is 5. The molecule has 0 saturated heterocycles. The number of rotatable bonds is 2. The molecule has 2 aromatic heterocycles. The van der Waals surface area contributed by atoms with E-state index in [-0.39, 0.29) is 35.9 Å². The predicted octanol–water partition coefficient (Wildman–Crippen LogP) is 1.08. The third-order valence-corrected chi connectivity index (χ3v) is 4.03. The van der Waals surface area contributed by atoms with Crippen LogP contribution in [0.3, 0.4) is 0 Å². The molecule has 0 aliphatic carbocycles. The van der Waals surface area contributed by atoms with E-state index in [2.05, 4.69) is 4.98 Å². The number of halogens is 3. The zero-order valence-electron chi connectivity index (χ0n) is 14.6. The Hall–Kier alpha value is -3.11. The summed E-state index contributed by atoms with van der Waals surface area (Å²) in [5.41, 5.74) is -3.76. The Labute approximate surface area is 150 Å². The van der Waals surface area contributed by atoms with Crippen LogP contribution in [0.2, 0.25) is 0 Å². The Morgan fingerprint density at radius 1 is 1.19 bits per heavy atom. The van der Waals surface area contributed by atoms with Crippen molar-refractivity contribution in [1.82, 2.24) is 14.1 Å². The maximum absolute atomic E-state index is 13.0. The van der Waals surface area contributed by atoms with Crippen LogP contribution in [0.5, 0.6) is 5.75 Å². The van der Waals surface area contributed by atoms with Crippen LogP contribution in [0.15, 0.2) is 27.8 Å². The zero-order valence-corrected chi connectivity index (χ0v) is 14.6. The van der Waals surface area contributed by atoms with Gasteiger partial charge in [-0.25, -0.2) is 14.3 Å². The van der Waals surface area contributed by atoms with Gasteiger partial charge in [0.05, 0.1) is 0 Å². The molecule has 3 rings (SSSR count). The van der Waals surface area contributed by atoms with E-state index in [9.17, 15) is 27.6 Å². The Kier molecular flexibility index (Phi) is 4.32. The molecule has 0 spiro atoms. The topological polar surface area (TPSA) is 86.4 Å². The lowest BCUT2D eigenvalue weighted by atomic mass is 10.2. The standard InChI is InChI=1S/C16H15F3N4O4/c1-8(2)22-13(25)7-27-9-4-5-11(20-14(9)22)23-12(24)6-10(16(17,18)19)21(3)15(23)26/h4-6,8H,7H2,1-3H3. The molecule has 0 N–H and O–H groups in total. The average Bonchev–Trinajstić information content (AvgIpc) is 2.56. The molecular formula is C16H15F3N4O4. The van der Waals surface area contributed by atoms with Crippen molar-refractivity contribution >= 4 is 11.7 Å². The van der Waals surface area contributed by atoms with Gasteiger partial charge in [-0.2, -0.15) is 13.2 Å². The number of alkyl halides is 3. The lowest BCUT2D eigenvalue weighted by molar-refractivity contribution is -0.144. The highest BCUT2D eigenvalue weighted by Crippen LogP contribution is 2.32. The molecule has 27 heavy (non-hydrogen) atoms. The molecule has 0 fully saturated rings. The minimum absolute atomic E-state index is 0.0904. The summed E-state index contributed by atoms with van der Waals surface area (Å²) >= 11 is 0. The largest absolute Gasteiger partial charge is 0.480 e. The fourth-order valence-electron chi connectivity index (χ4n) is 2.80. The van der Waals surface area contributed by atoms with Gasteiger partial charge in [-0.1, -0.05) is 0 Å². The van der Waals surface area contributed by atoms with Crippen molar-refractivity contribution < 1.29 is 22.7 Å². The first-order valence-corrected chi connectivity index (χ1v) is 7.89. The second-order valence-corrected chi connectivity index (χ2v) is 6.18. The third kappa shape index (κ3) is 3.09. The molecule has 1 aliphatic rings. The second-order valence-electron chi connectivity index (χ2n) is 6.18. The van der Waals surface area contributed by atoms with Crippen molar-refractivity contribution in [2.45, 2.75) is 26.1 Å². The molecule has 1 amide bonds. The highest BCUT2D eigenvalue weighted by Gasteiger charge is 2.35. The highest BCUT2D eigenvalue weighted by molar-refractivity contribution is 5.97. The molecule has 2 aromatic rings. The smallest absolute Gasteiger partial charge is 0.431 e. The first-order valence-electron chi connectivity index (χ1n) is 7.89. The molecule has 0 atom stereocenters. The molecule has 0 unspecified atom stereocenters. The SMILES string of the molecule is CC(C)N1C(=O)COc2ccc(-n3c(=O)cc(C(F)(F)F)n(C)c3=O)nc21. The summed E-state index contributed by atoms with van der Waals surface area (Å²) in [5.74, 6) is -0.219. The van der Waals surface area contributed by atoms with Gasteiger partial charge in [0.25, 0.3) is 11.5 Å². The van der Waals surface area contributed by atoms with Gasteiger partial charge in [-0.15, -0.1) is 0 Å². The maximum Gasteiger partial charge on any atom is 0.431 e. The van der Waals surface area contributed by atoms with Crippen LogP contribution < -0.4 is 20.9 Å². The molecule has 3 heterocycles. The molecular weight excluding hydrogens is 369 g/mol. The summed E-state index contributed by atoms with van der Waals surface area (Å²) in [6.45, 7) is 3.30. The number of fused-ring (bicyclic) bond motifs is 1. The molecule has 0 radical (unpaired) electrons. The van der Waals surface area contributed by atoms with Crippen LogP contribution in [0.25, 0.3) is 5.82 Å². The molecule has 0 bridgehead atoms. The number of aromatic nitrogens is 3. The first-order chi connectivity index (χ1) is 12.5. The average molecular weight is 384 g/mol. The van der Waals surface area contributed by atoms with Crippen LogP contribution in [0, 0.1) is 0 Å². The zero-order chi connectivity index (χ0) is 20.1. The van der Waals surface area contributed by atoms with E-state index >= 15 is 0 Å². The number of carbonyl (C=O) groups is 1. The Morgan fingerprint density at radius 3 is 2.44 bits per heavy atom. The molecule has 11 heteroatoms. The van der Waals surface area contributed by atoms with E-state index in [1.807, 2.05) is 0 Å². The molecule has 0 saturated carbocycles. The van der Waals surface area contributed by atoms with Crippen LogP contribution in [0.1, 0.15) is 19.5 Å². The number of nitrogens with zero attached hydrogens (tertiary/aromatic N) is 4. The Bertz CT molecular complexity index is 1040. The monoisotopic (exact) mass is 384 g/mol. The van der Waals surface area contributed by atoms with Gasteiger partial charge < -0.3 is 4.74 Å². The number of amides is 1. The summed E-state index contributed by atoms with van der Waals surface area (Å²) in [6.07, 6.45) is -4.86. The van der Waals surface area contributed by atoms with E-state index < -0.39 is 23.1 Å². The van der Waals surface area contributed by atoms with Crippen LogP contribution in [-0.4, -0.2) is 32.7 Å². The van der Waals surface area contributed by atoms with Crippen molar-refractivity contribution in [3.8, 4) is 11.6 Å². The summed E-state index contributed by atoms with van der Waals surface area (Å²) in [6, 6.07) is 2.71. The van der Waals surface area contributed by atoms with Gasteiger partial charge in [-0.3, -0.25) is 19.1 Å². The van der Waals surface area contributed by atoms with Crippen molar-refractivity contribution in [3.05, 3.63) is 44.7 Å². The lowest BCUT2D eigenvalue weighted by Gasteiger charge is -2.31. The normalized spacial score (nSPS) is 14.3. The maximum atomic E-state index is 13.0. The fourth-order valence-corrected chi connectivity index (χ4v) is 2.80. The van der Waals surface area contributed by atoms with Gasteiger partial charge in [-0.05, 0) is 26.0 Å². The minimum Gasteiger partial charge on any atom is -0.480 e. The molecule has 144 valence electrons. The third-order valence-electron chi connectivity index (χ3n) is 4.03. The second kappa shape index (κ2) is 6.25. The fraction of sp³-hybridized carbons (Fsp3) is 0.375. The Morgan fingerprint density at radius 2 is 1.85 bits per heavy atom. The summed E-state index contributed by atoms with van der Waals surface area (Å²) in [7, 11) is 0.909. The van der Waals surface area contributed by atoms with Crippen molar-refractivity contribution in [1.29, 1.82) is 0 Å². The number of hydrogen-bond donors (Lipinski definition) is 0. The predicted molar refractivity (Wildman–Crippen MR) is 88.2 cm³/mol. The summed E-state index contributed by atoms with van der Waals surface area (Å²) in [5, 5.41) is 0. The van der Waals surface area contributed by atoms with Gasteiger partial charge in [0.1, 0.15) is 11.5 Å². The van der Waals surface area contributed by atoms with Crippen LogP contribution >= 0.6 is 0 Å². The molecule has 1 aliphatic heterocycles. The quantitative estimate of drug-likeness (QED) is 0.774. The van der Waals surface area contributed by atoms with Gasteiger partial charge in [0.15, 0.2) is 18.2 Å². The number of carbonyl (C=O) groups excluding carboxylic acids is 1. The van der Waals surface area contributed by atoms with Crippen molar-refractivity contribution in [2.75, 3.05) is 11.5 Å². The van der Waals surface area contributed by atoms with E-state index in [0.29, 0.717) is 15.2 Å². The van der Waals surface area contributed by atoms with E-state index in [4.69, 9.17) is 4.74 Å². The van der Waals surface area contributed by atoms with Gasteiger partial charge >= 0.3 is 11.9 Å². The minimum atomic E-state index is -4.86. The summed E-state index contributed by atoms with van der Waals surface area (Å²) in [4.78, 5) is 42.2. The molecule has 8 nitrogen and oxygen atoms in total. The lowest BCUT2D eigenvalue weighted by Crippen LogP contribution is -2.44. The number of ether oxygens (including phenoxy) is 1. The van der Waals surface area contributed by atoms with Crippen LogP contribution in [-0.2, 0) is 18.0 Å². The van der Waals surface area contributed by atoms with E-state index in [0.717, 1.165) is 7.05 Å².